The summed E-state index contributed by atoms with van der Waals surface area (Å²) >= 11 is 0. The minimum absolute atomic E-state index is 0.0236. The fourth-order valence-corrected chi connectivity index (χ4v) is 8.30. The molecule has 5 atom stereocenters. The summed E-state index contributed by atoms with van der Waals surface area (Å²) in [6.07, 6.45) is 4.07. The molecule has 7 rings (SSSR count). The highest BCUT2D eigenvalue weighted by Gasteiger charge is 2.77. The molecule has 2 heterocycles. The van der Waals surface area contributed by atoms with Gasteiger partial charge in [-0.3, -0.25) is 14.5 Å². The smallest absolute Gasteiger partial charge is 0.225 e. The Morgan fingerprint density at radius 2 is 2.05 bits per heavy atom. The number of hydrogen-bond acceptors (Lipinski definition) is 7. The van der Waals surface area contributed by atoms with Crippen LogP contribution in [0, 0.1) is 11.8 Å². The molecule has 39 heavy (non-hydrogen) atoms. The highest BCUT2D eigenvalue weighted by atomic mass is 16.5. The number of ketones is 1. The van der Waals surface area contributed by atoms with Crippen LogP contribution in [0.15, 0.2) is 36.4 Å². The number of nitrogens with zero attached hydrogens (tertiary/aromatic N) is 1. The van der Waals surface area contributed by atoms with Crippen molar-refractivity contribution in [2.45, 2.75) is 68.2 Å². The quantitative estimate of drug-likeness (QED) is 0.566. The summed E-state index contributed by atoms with van der Waals surface area (Å²) in [5.41, 5.74) is 0.472. The highest BCUT2D eigenvalue weighted by Crippen LogP contribution is 2.65. The predicted octanol–water partition coefficient (Wildman–Crippen LogP) is 2.77. The summed E-state index contributed by atoms with van der Waals surface area (Å²) in [6, 6.07) is 11.3. The molecule has 8 nitrogen and oxygen atoms in total. The second-order valence-electron chi connectivity index (χ2n) is 12.0. The lowest BCUT2D eigenvalue weighted by molar-refractivity contribution is -0.210. The molecule has 2 aromatic carbocycles. The average molecular weight is 533 g/mol. The SMILES string of the molecule is COc1ccc(CNC(=O)C2CN(CC3CCC3)[C@@H]3Cc4cccc5c4[C@]24[C@@H](O5)C(=O)CC[C@@]34O)c(OC)c1. The number of likely N-dealkylation sites (tertiary alicyclic amines) is 1. The van der Waals surface area contributed by atoms with Crippen LogP contribution in [0.5, 0.6) is 17.2 Å². The van der Waals surface area contributed by atoms with Gasteiger partial charge in [0, 0.05) is 49.3 Å². The molecular weight excluding hydrogens is 496 g/mol. The van der Waals surface area contributed by atoms with E-state index in [4.69, 9.17) is 14.2 Å². The molecule has 3 aliphatic carbocycles. The lowest BCUT2D eigenvalue weighted by Gasteiger charge is -2.65. The Labute approximate surface area is 228 Å². The number of piperidine rings is 1. The maximum absolute atomic E-state index is 14.3. The Kier molecular flexibility index (Phi) is 5.72. The summed E-state index contributed by atoms with van der Waals surface area (Å²) in [6.45, 7) is 1.63. The third-order valence-electron chi connectivity index (χ3n) is 10.3. The first-order valence-electron chi connectivity index (χ1n) is 14.2. The van der Waals surface area contributed by atoms with Gasteiger partial charge in [0.1, 0.15) is 17.2 Å². The normalized spacial score (nSPS) is 32.6. The minimum atomic E-state index is -1.23. The van der Waals surface area contributed by atoms with Crippen molar-refractivity contribution in [2.24, 2.45) is 11.8 Å². The number of aliphatic hydroxyl groups is 1. The van der Waals surface area contributed by atoms with Crippen molar-refractivity contribution < 1.29 is 28.9 Å². The Balaban J connectivity index is 1.30. The number of rotatable bonds is 7. The topological polar surface area (TPSA) is 97.3 Å². The Morgan fingerprint density at radius 1 is 1.21 bits per heavy atom. The zero-order valence-corrected chi connectivity index (χ0v) is 22.6. The van der Waals surface area contributed by atoms with E-state index in [1.807, 2.05) is 24.3 Å². The van der Waals surface area contributed by atoms with Gasteiger partial charge in [-0.05, 0) is 55.4 Å². The van der Waals surface area contributed by atoms with Gasteiger partial charge in [-0.25, -0.2) is 0 Å². The fraction of sp³-hybridized carbons (Fsp3) is 0.548. The first-order valence-corrected chi connectivity index (χ1v) is 14.2. The zero-order valence-electron chi connectivity index (χ0n) is 22.6. The number of methoxy groups -OCH3 is 2. The number of benzene rings is 2. The van der Waals surface area contributed by atoms with Gasteiger partial charge in [0.15, 0.2) is 11.9 Å². The summed E-state index contributed by atoms with van der Waals surface area (Å²) in [4.78, 5) is 30.1. The number of carbonyl (C=O) groups is 2. The van der Waals surface area contributed by atoms with Gasteiger partial charge in [-0.1, -0.05) is 18.6 Å². The molecule has 1 saturated heterocycles. The van der Waals surface area contributed by atoms with Crippen molar-refractivity contribution in [3.63, 3.8) is 0 Å². The number of carbonyl (C=O) groups excluding carboxylic acids is 2. The van der Waals surface area contributed by atoms with E-state index in [1.165, 1.54) is 19.3 Å². The monoisotopic (exact) mass is 532 g/mol. The fourth-order valence-electron chi connectivity index (χ4n) is 8.30. The lowest BCUT2D eigenvalue weighted by atomic mass is 9.45. The Hall–Kier alpha value is -3.10. The first-order chi connectivity index (χ1) is 18.9. The summed E-state index contributed by atoms with van der Waals surface area (Å²) in [7, 11) is 3.20. The molecule has 1 unspecified atom stereocenters. The molecular formula is C31H36N2O6. The van der Waals surface area contributed by atoms with E-state index < -0.39 is 23.0 Å². The molecule has 2 N–H and O–H groups in total. The molecule has 2 bridgehead atoms. The standard InChI is InChI=1S/C31H36N2O6/c1-37-21-10-9-20(25(14-21)38-2)15-32-29(35)22-17-33(16-18-5-3-6-18)26-13-19-7-4-8-24-27(19)31(22)28(39-24)23(34)11-12-30(26,31)36/h4,7-10,14,18,22,26,28,36H,3,5-6,11-13,15-17H2,1-2H3,(H,32,35)/t22?,26-,28+,30-,31+/m1/s1. The van der Waals surface area contributed by atoms with E-state index in [9.17, 15) is 14.7 Å². The summed E-state index contributed by atoms with van der Waals surface area (Å²) in [5.74, 6) is 1.70. The van der Waals surface area contributed by atoms with Crippen LogP contribution < -0.4 is 19.5 Å². The number of ether oxygens (including phenoxy) is 3. The van der Waals surface area contributed by atoms with Gasteiger partial charge in [0.25, 0.3) is 0 Å². The van der Waals surface area contributed by atoms with Crippen LogP contribution in [0.1, 0.15) is 48.8 Å². The summed E-state index contributed by atoms with van der Waals surface area (Å²) in [5, 5.41) is 15.9. The van der Waals surface area contributed by atoms with Crippen molar-refractivity contribution in [1.29, 1.82) is 0 Å². The maximum Gasteiger partial charge on any atom is 0.225 e. The van der Waals surface area contributed by atoms with Crippen LogP contribution in [-0.2, 0) is 28.0 Å². The molecule has 5 aliphatic rings. The molecule has 1 amide bonds. The van der Waals surface area contributed by atoms with Crippen molar-refractivity contribution >= 4 is 11.7 Å². The predicted molar refractivity (Wildman–Crippen MR) is 143 cm³/mol. The van der Waals surface area contributed by atoms with Crippen LogP contribution >= 0.6 is 0 Å². The molecule has 2 aliphatic heterocycles. The second kappa shape index (κ2) is 8.96. The van der Waals surface area contributed by atoms with Crippen molar-refractivity contribution in [2.75, 3.05) is 27.3 Å². The molecule has 0 radical (unpaired) electrons. The van der Waals surface area contributed by atoms with E-state index in [2.05, 4.69) is 16.3 Å². The molecule has 3 fully saturated rings. The van der Waals surface area contributed by atoms with E-state index in [0.717, 1.165) is 23.2 Å². The molecule has 8 heteroatoms. The van der Waals surface area contributed by atoms with Gasteiger partial charge in [0.05, 0.1) is 31.2 Å². The average Bonchev–Trinajstić information content (AvgIpc) is 3.28. The maximum atomic E-state index is 14.3. The molecule has 2 saturated carbocycles. The summed E-state index contributed by atoms with van der Waals surface area (Å²) < 4.78 is 17.2. The second-order valence-corrected chi connectivity index (χ2v) is 12.0. The van der Waals surface area contributed by atoms with Crippen LogP contribution in [0.4, 0.5) is 0 Å². The minimum Gasteiger partial charge on any atom is -0.497 e. The van der Waals surface area contributed by atoms with Gasteiger partial charge < -0.3 is 24.6 Å². The Bertz CT molecular complexity index is 1340. The molecule has 2 aromatic rings. The van der Waals surface area contributed by atoms with E-state index in [-0.39, 0.29) is 30.7 Å². The third kappa shape index (κ3) is 3.37. The number of Topliss-reactive ketones (excluding diaryl/α,β-unsaturated/α-hetero) is 1. The first kappa shape index (κ1) is 24.9. The van der Waals surface area contributed by atoms with E-state index in [1.54, 1.807) is 20.3 Å². The van der Waals surface area contributed by atoms with Crippen molar-refractivity contribution in [3.8, 4) is 17.2 Å². The Morgan fingerprint density at radius 3 is 2.79 bits per heavy atom. The highest BCUT2D eigenvalue weighted by molar-refractivity contribution is 5.93. The number of nitrogens with one attached hydrogen (secondary N) is 1. The van der Waals surface area contributed by atoms with Gasteiger partial charge in [-0.15, -0.1) is 0 Å². The van der Waals surface area contributed by atoms with Crippen molar-refractivity contribution in [3.05, 3.63) is 53.1 Å². The van der Waals surface area contributed by atoms with Gasteiger partial charge in [-0.2, -0.15) is 0 Å². The lowest BCUT2D eigenvalue weighted by Crippen LogP contribution is -2.81. The largest absolute Gasteiger partial charge is 0.497 e. The zero-order chi connectivity index (χ0) is 26.9. The number of amides is 1. The van der Waals surface area contributed by atoms with Crippen LogP contribution in [0.2, 0.25) is 0 Å². The molecule has 206 valence electrons. The molecule has 1 spiro atoms. The van der Waals surface area contributed by atoms with Crippen LogP contribution in [0.25, 0.3) is 0 Å². The van der Waals surface area contributed by atoms with E-state index >= 15 is 0 Å². The van der Waals surface area contributed by atoms with E-state index in [0.29, 0.717) is 42.6 Å². The molecule has 0 aromatic heterocycles. The van der Waals surface area contributed by atoms with Crippen LogP contribution in [0.3, 0.4) is 0 Å². The third-order valence-corrected chi connectivity index (χ3v) is 10.3. The van der Waals surface area contributed by atoms with Crippen molar-refractivity contribution in [1.82, 2.24) is 10.2 Å². The van der Waals surface area contributed by atoms with Crippen LogP contribution in [-0.4, -0.2) is 66.8 Å². The van der Waals surface area contributed by atoms with Gasteiger partial charge in [0.2, 0.25) is 5.91 Å². The van der Waals surface area contributed by atoms with Gasteiger partial charge >= 0.3 is 0 Å². The number of hydrogen-bond donors (Lipinski definition) is 2.